The van der Waals surface area contributed by atoms with Gasteiger partial charge < -0.3 is 24.7 Å². The maximum Gasteiger partial charge on any atom is 0.446 e. The summed E-state index contributed by atoms with van der Waals surface area (Å²) in [6.07, 6.45) is 1.63. The average Bonchev–Trinajstić information content (AvgIpc) is 3.26. The fourth-order valence-electron chi connectivity index (χ4n) is 5.32. The molecule has 0 aromatic carbocycles. The summed E-state index contributed by atoms with van der Waals surface area (Å²) < 4.78 is 80.5. The quantitative estimate of drug-likeness (QED) is 0.193. The summed E-state index contributed by atoms with van der Waals surface area (Å²) in [5.74, 6) is 5.92. The second-order valence-corrected chi connectivity index (χ2v) is 16.0. The van der Waals surface area contributed by atoms with Gasteiger partial charge in [0.25, 0.3) is 0 Å². The summed E-state index contributed by atoms with van der Waals surface area (Å²) in [6.45, 7) is 7.54. The van der Waals surface area contributed by atoms with Crippen LogP contribution < -0.4 is 10.6 Å². The molecule has 15 heteroatoms. The molecular formula is C28H35F4N6O3PS. The van der Waals surface area contributed by atoms with Crippen molar-refractivity contribution in [2.45, 2.75) is 53.7 Å². The number of hydrogen-bond acceptors (Lipinski definition) is 9. The molecule has 3 atom stereocenters. The second kappa shape index (κ2) is 12.3. The Morgan fingerprint density at radius 3 is 2.70 bits per heavy atom. The summed E-state index contributed by atoms with van der Waals surface area (Å²) in [7, 11) is -1.00. The number of rotatable bonds is 7. The van der Waals surface area contributed by atoms with E-state index in [1.807, 2.05) is 6.08 Å². The van der Waals surface area contributed by atoms with Gasteiger partial charge in [-0.3, -0.25) is 4.90 Å². The lowest BCUT2D eigenvalue weighted by atomic mass is 9.92. The van der Waals surface area contributed by atoms with E-state index in [0.29, 0.717) is 50.0 Å². The number of alkyl halides is 4. The van der Waals surface area contributed by atoms with Gasteiger partial charge in [-0.1, -0.05) is 18.1 Å². The minimum absolute atomic E-state index is 0.0425. The van der Waals surface area contributed by atoms with Crippen LogP contribution in [0.4, 0.5) is 23.4 Å². The van der Waals surface area contributed by atoms with Gasteiger partial charge >= 0.3 is 5.51 Å². The maximum absolute atomic E-state index is 15.3. The van der Waals surface area contributed by atoms with E-state index in [1.54, 1.807) is 25.5 Å². The molecule has 234 valence electrons. The number of nitrogens with zero attached hydrogens (tertiary/aromatic N) is 4. The Hall–Kier alpha value is -2.72. The van der Waals surface area contributed by atoms with Crippen LogP contribution >= 0.6 is 18.9 Å². The standard InChI is InChI=1S/C28H35F4N6O3PS/c1-27(16-41-17-27)37-14-12-19(18(29)15-37)34-23-9-5-8-22-25(43-28(30,31)32)20(36-38(22)23)7-6-13-33-21-10-11-24(42(3,4)39)35-26(21)40-2/h5,8-10,18-19,24,33-34H,11-17H2,1-4H3. The molecule has 9 nitrogen and oxygen atoms in total. The fourth-order valence-corrected chi connectivity index (χ4v) is 7.00. The predicted molar refractivity (Wildman–Crippen MR) is 160 cm³/mol. The first-order valence-electron chi connectivity index (χ1n) is 13.9. The number of pyridine rings is 1. The van der Waals surface area contributed by atoms with Crippen molar-refractivity contribution in [2.24, 2.45) is 4.99 Å². The zero-order valence-electron chi connectivity index (χ0n) is 24.4. The van der Waals surface area contributed by atoms with Crippen LogP contribution in [0.2, 0.25) is 0 Å². The highest BCUT2D eigenvalue weighted by Gasteiger charge is 2.44. The summed E-state index contributed by atoms with van der Waals surface area (Å²) >= 11 is -0.280. The van der Waals surface area contributed by atoms with Crippen molar-refractivity contribution in [1.82, 2.24) is 19.8 Å². The molecule has 0 aliphatic carbocycles. The first kappa shape index (κ1) is 31.7. The molecule has 5 heterocycles. The summed E-state index contributed by atoms with van der Waals surface area (Å²) in [6, 6.07) is 4.30. The van der Waals surface area contributed by atoms with Crippen LogP contribution in [0.1, 0.15) is 25.5 Å². The molecule has 2 aromatic heterocycles. The zero-order chi connectivity index (χ0) is 31.0. The number of piperidine rings is 1. The van der Waals surface area contributed by atoms with Crippen LogP contribution in [-0.4, -0.2) is 103 Å². The van der Waals surface area contributed by atoms with Crippen molar-refractivity contribution in [3.05, 3.63) is 35.7 Å². The van der Waals surface area contributed by atoms with Gasteiger partial charge in [0, 0.05) is 13.1 Å². The number of ether oxygens (including phenoxy) is 2. The lowest BCUT2D eigenvalue weighted by molar-refractivity contribution is -0.142. The Bertz CT molecular complexity index is 1520. The minimum Gasteiger partial charge on any atom is -0.480 e. The molecule has 0 spiro atoms. The Labute approximate surface area is 252 Å². The number of halogens is 4. The van der Waals surface area contributed by atoms with E-state index in [-0.39, 0.29) is 52.3 Å². The van der Waals surface area contributed by atoms with Crippen LogP contribution in [0, 0.1) is 11.8 Å². The van der Waals surface area contributed by atoms with Gasteiger partial charge in [-0.2, -0.15) is 18.3 Å². The van der Waals surface area contributed by atoms with E-state index in [0.717, 1.165) is 0 Å². The SMILES string of the molecule is COC1=NC(P(C)(C)=O)CC=C1NCC#Cc1nn2c(NC3CCN(C4(C)COC4)CC3F)cccc2c1SC(F)(F)F. The Morgan fingerprint density at radius 1 is 1.30 bits per heavy atom. The Kier molecular flexibility index (Phi) is 9.10. The molecule has 2 saturated heterocycles. The van der Waals surface area contributed by atoms with Crippen LogP contribution in [0.15, 0.2) is 39.9 Å². The lowest BCUT2D eigenvalue weighted by Gasteiger charge is -2.50. The topological polar surface area (TPSA) is 92.5 Å². The zero-order valence-corrected chi connectivity index (χ0v) is 26.1. The van der Waals surface area contributed by atoms with Gasteiger partial charge in [0.2, 0.25) is 5.90 Å². The Balaban J connectivity index is 1.34. The van der Waals surface area contributed by atoms with Gasteiger partial charge in [-0.25, -0.2) is 13.9 Å². The minimum atomic E-state index is -4.56. The number of thioether (sulfide) groups is 1. The third kappa shape index (κ3) is 7.17. The Morgan fingerprint density at radius 2 is 2.07 bits per heavy atom. The molecule has 5 rings (SSSR count). The molecule has 0 bridgehead atoms. The highest BCUT2D eigenvalue weighted by molar-refractivity contribution is 8.00. The molecular weight excluding hydrogens is 607 g/mol. The van der Waals surface area contributed by atoms with Crippen molar-refractivity contribution < 1.29 is 31.6 Å². The number of anilines is 1. The average molecular weight is 643 g/mol. The molecule has 43 heavy (non-hydrogen) atoms. The number of dihydropyridines is 1. The fraction of sp³-hybridized carbons (Fsp3) is 0.571. The summed E-state index contributed by atoms with van der Waals surface area (Å²) in [4.78, 5) is 6.39. The number of methoxy groups -OCH3 is 1. The number of aromatic nitrogens is 2. The van der Waals surface area contributed by atoms with Crippen molar-refractivity contribution in [1.29, 1.82) is 0 Å². The highest BCUT2D eigenvalue weighted by atomic mass is 32.2. The molecule has 0 saturated carbocycles. The van der Waals surface area contributed by atoms with E-state index in [4.69, 9.17) is 9.47 Å². The number of fused-ring (bicyclic) bond motifs is 1. The van der Waals surface area contributed by atoms with E-state index < -0.39 is 24.9 Å². The predicted octanol–water partition coefficient (Wildman–Crippen LogP) is 4.78. The molecule has 3 aliphatic rings. The number of aliphatic imine (C=N–C) groups is 1. The van der Waals surface area contributed by atoms with Crippen LogP contribution in [-0.2, 0) is 14.0 Å². The van der Waals surface area contributed by atoms with Crippen molar-refractivity contribution in [3.63, 3.8) is 0 Å². The molecule has 2 aromatic rings. The second-order valence-electron chi connectivity index (χ2n) is 11.5. The number of likely N-dealkylation sites (tertiary alicyclic amines) is 1. The molecule has 0 radical (unpaired) electrons. The third-order valence-electron chi connectivity index (χ3n) is 7.81. The van der Waals surface area contributed by atoms with Gasteiger partial charge in [0.05, 0.1) is 54.6 Å². The maximum atomic E-state index is 15.3. The third-order valence-corrected chi connectivity index (χ3v) is 10.4. The smallest absolute Gasteiger partial charge is 0.446 e. The normalized spacial score (nSPS) is 24.3. The summed E-state index contributed by atoms with van der Waals surface area (Å²) in [5.41, 5.74) is -3.98. The van der Waals surface area contributed by atoms with E-state index in [9.17, 15) is 17.7 Å². The van der Waals surface area contributed by atoms with Crippen molar-refractivity contribution >= 4 is 36.1 Å². The first-order chi connectivity index (χ1) is 20.3. The van der Waals surface area contributed by atoms with Crippen molar-refractivity contribution in [2.75, 3.05) is 58.6 Å². The molecule has 2 fully saturated rings. The molecule has 3 unspecified atom stereocenters. The van der Waals surface area contributed by atoms with Crippen molar-refractivity contribution in [3.8, 4) is 11.8 Å². The van der Waals surface area contributed by atoms with Gasteiger partial charge in [-0.15, -0.1) is 0 Å². The summed E-state index contributed by atoms with van der Waals surface area (Å²) in [5, 5.41) is 10.7. The lowest BCUT2D eigenvalue weighted by Crippen LogP contribution is -2.64. The largest absolute Gasteiger partial charge is 0.480 e. The molecule has 2 N–H and O–H groups in total. The highest BCUT2D eigenvalue weighted by Crippen LogP contribution is 2.46. The number of nitrogens with one attached hydrogen (secondary N) is 2. The van der Waals surface area contributed by atoms with Crippen LogP contribution in [0.5, 0.6) is 0 Å². The number of hydrogen-bond donors (Lipinski definition) is 2. The van der Waals surface area contributed by atoms with Gasteiger partial charge in [0.15, 0.2) is 0 Å². The first-order valence-corrected chi connectivity index (χ1v) is 17.4. The van der Waals surface area contributed by atoms with E-state index in [2.05, 4.69) is 44.4 Å². The van der Waals surface area contributed by atoms with E-state index >= 15 is 4.39 Å². The van der Waals surface area contributed by atoms with Gasteiger partial charge in [0.1, 0.15) is 30.6 Å². The monoisotopic (exact) mass is 642 g/mol. The van der Waals surface area contributed by atoms with Gasteiger partial charge in [-0.05, 0) is 62.9 Å². The molecule has 3 aliphatic heterocycles. The van der Waals surface area contributed by atoms with Crippen LogP contribution in [0.25, 0.3) is 5.52 Å². The van der Waals surface area contributed by atoms with E-state index in [1.165, 1.54) is 17.7 Å². The molecule has 0 amide bonds. The van der Waals surface area contributed by atoms with Crippen LogP contribution in [0.3, 0.4) is 0 Å².